The van der Waals surface area contributed by atoms with Crippen LogP contribution in [-0.2, 0) is 20.3 Å². The van der Waals surface area contributed by atoms with E-state index in [-0.39, 0.29) is 23.5 Å². The van der Waals surface area contributed by atoms with Crippen molar-refractivity contribution in [3.8, 4) is 11.5 Å². The molecule has 1 aromatic rings. The van der Waals surface area contributed by atoms with Crippen LogP contribution in [0.2, 0.25) is 0 Å². The van der Waals surface area contributed by atoms with E-state index in [0.29, 0.717) is 0 Å². The molecule has 1 aromatic carbocycles. The average Bonchev–Trinajstić information content (AvgIpc) is 2.39. The van der Waals surface area contributed by atoms with Crippen molar-refractivity contribution in [2.45, 2.75) is 13.8 Å². The molecule has 112 valence electrons. The van der Waals surface area contributed by atoms with E-state index < -0.39 is 28.5 Å². The highest BCUT2D eigenvalue weighted by Gasteiger charge is 2.21. The fraction of sp³-hybridized carbons (Fsp3) is 0.364. The second kappa shape index (κ2) is 7.08. The van der Waals surface area contributed by atoms with Gasteiger partial charge in [0, 0.05) is 6.07 Å². The van der Waals surface area contributed by atoms with E-state index >= 15 is 0 Å². The van der Waals surface area contributed by atoms with Crippen molar-refractivity contribution >= 4 is 28.4 Å². The Balaban J connectivity index is 3.33. The zero-order chi connectivity index (χ0) is 15.3. The van der Waals surface area contributed by atoms with E-state index in [4.69, 9.17) is 4.84 Å². The highest BCUT2D eigenvalue weighted by molar-refractivity contribution is 7.81. The second-order valence-corrected chi connectivity index (χ2v) is 4.64. The van der Waals surface area contributed by atoms with Gasteiger partial charge in [0.2, 0.25) is 0 Å². The maximum absolute atomic E-state index is 11.5. The quantitative estimate of drug-likeness (QED) is 0.259. The van der Waals surface area contributed by atoms with E-state index in [1.54, 1.807) is 6.92 Å². The zero-order valence-corrected chi connectivity index (χ0v) is 12.0. The SMILES string of the molecule is CCONc1c(O)c(NS(=O)OC)cc(O)c1C(C)=O. The lowest BCUT2D eigenvalue weighted by Crippen LogP contribution is -2.10. The highest BCUT2D eigenvalue weighted by atomic mass is 32.2. The van der Waals surface area contributed by atoms with Gasteiger partial charge in [-0.1, -0.05) is 0 Å². The van der Waals surface area contributed by atoms with Gasteiger partial charge in [0.25, 0.3) is 11.3 Å². The number of aromatic hydroxyl groups is 2. The van der Waals surface area contributed by atoms with Gasteiger partial charge in [-0.15, -0.1) is 0 Å². The summed E-state index contributed by atoms with van der Waals surface area (Å²) >= 11 is -1.90. The van der Waals surface area contributed by atoms with Gasteiger partial charge in [-0.25, -0.2) is 4.21 Å². The van der Waals surface area contributed by atoms with Gasteiger partial charge in [0.1, 0.15) is 11.4 Å². The standard InChI is InChI=1S/C11H16N2O6S/c1-4-19-12-10-9(6(2)14)8(15)5-7(11(10)16)13-20(17)18-3/h5,12-13,15-16H,4H2,1-3H3. The first-order valence-electron chi connectivity index (χ1n) is 5.62. The van der Waals surface area contributed by atoms with Gasteiger partial charge in [0.05, 0.1) is 25.0 Å². The van der Waals surface area contributed by atoms with Crippen molar-refractivity contribution < 1.29 is 28.2 Å². The number of phenolic OH excluding ortho intramolecular Hbond substituents is 2. The third-order valence-electron chi connectivity index (χ3n) is 2.29. The van der Waals surface area contributed by atoms with Gasteiger partial charge in [-0.05, 0) is 13.8 Å². The van der Waals surface area contributed by atoms with Crippen LogP contribution in [0.25, 0.3) is 0 Å². The lowest BCUT2D eigenvalue weighted by Gasteiger charge is -2.16. The minimum absolute atomic E-state index is 0.0742. The summed E-state index contributed by atoms with van der Waals surface area (Å²) in [5.74, 6) is -1.29. The molecule has 0 fully saturated rings. The van der Waals surface area contributed by atoms with Crippen molar-refractivity contribution in [3.05, 3.63) is 11.6 Å². The molecule has 0 aliphatic carbocycles. The number of hydrogen-bond donors (Lipinski definition) is 4. The fourth-order valence-electron chi connectivity index (χ4n) is 1.47. The van der Waals surface area contributed by atoms with Gasteiger partial charge < -0.3 is 10.2 Å². The first-order chi connectivity index (χ1) is 9.42. The molecule has 0 aliphatic heterocycles. The molecule has 0 saturated carbocycles. The first kappa shape index (κ1) is 16.2. The normalized spacial score (nSPS) is 11.9. The molecule has 0 bridgehead atoms. The maximum atomic E-state index is 11.5. The number of Topliss-reactive ketones (excluding diaryl/α,β-unsaturated/α-hetero) is 1. The largest absolute Gasteiger partial charge is 0.507 e. The molecular weight excluding hydrogens is 288 g/mol. The Hall–Kier alpha value is -1.84. The Morgan fingerprint density at radius 1 is 1.45 bits per heavy atom. The molecule has 0 aliphatic rings. The summed E-state index contributed by atoms with van der Waals surface area (Å²) in [6, 6.07) is 1.07. The van der Waals surface area contributed by atoms with Crippen LogP contribution in [0.15, 0.2) is 6.07 Å². The van der Waals surface area contributed by atoms with Crippen LogP contribution in [0.1, 0.15) is 24.2 Å². The van der Waals surface area contributed by atoms with Crippen LogP contribution in [0.5, 0.6) is 11.5 Å². The van der Waals surface area contributed by atoms with Crippen molar-refractivity contribution in [3.63, 3.8) is 0 Å². The molecule has 1 rings (SSSR count). The van der Waals surface area contributed by atoms with Gasteiger partial charge >= 0.3 is 0 Å². The highest BCUT2D eigenvalue weighted by Crippen LogP contribution is 2.41. The predicted octanol–water partition coefficient (Wildman–Crippen LogP) is 1.30. The summed E-state index contributed by atoms with van der Waals surface area (Å²) < 4.78 is 18.1. The minimum atomic E-state index is -1.90. The van der Waals surface area contributed by atoms with E-state index in [1.807, 2.05) is 0 Å². The molecular formula is C11H16N2O6S. The zero-order valence-electron chi connectivity index (χ0n) is 11.2. The number of nitrogens with one attached hydrogen (secondary N) is 2. The Labute approximate surface area is 118 Å². The number of carbonyl (C=O) groups excluding carboxylic acids is 1. The number of carbonyl (C=O) groups is 1. The Kier molecular flexibility index (Phi) is 5.74. The molecule has 8 nitrogen and oxygen atoms in total. The summed E-state index contributed by atoms with van der Waals surface area (Å²) in [6.45, 7) is 3.19. The molecule has 0 radical (unpaired) electrons. The van der Waals surface area contributed by atoms with Crippen LogP contribution in [0.3, 0.4) is 0 Å². The number of phenols is 2. The smallest absolute Gasteiger partial charge is 0.261 e. The van der Waals surface area contributed by atoms with E-state index in [1.165, 1.54) is 14.0 Å². The molecule has 1 atom stereocenters. The Morgan fingerprint density at radius 3 is 2.60 bits per heavy atom. The number of anilines is 2. The van der Waals surface area contributed by atoms with Crippen LogP contribution in [0.4, 0.5) is 11.4 Å². The molecule has 0 spiro atoms. The van der Waals surface area contributed by atoms with Crippen molar-refractivity contribution in [1.29, 1.82) is 0 Å². The predicted molar refractivity (Wildman–Crippen MR) is 73.8 cm³/mol. The number of rotatable bonds is 7. The molecule has 1 unspecified atom stereocenters. The third kappa shape index (κ3) is 3.59. The van der Waals surface area contributed by atoms with E-state index in [9.17, 15) is 19.2 Å². The molecule has 0 amide bonds. The molecule has 0 heterocycles. The van der Waals surface area contributed by atoms with Crippen molar-refractivity contribution in [2.75, 3.05) is 23.9 Å². The topological polar surface area (TPSA) is 117 Å². The number of hydrogen-bond acceptors (Lipinski definition) is 7. The van der Waals surface area contributed by atoms with Crippen LogP contribution >= 0.6 is 0 Å². The summed E-state index contributed by atoms with van der Waals surface area (Å²) in [5, 5.41) is 19.9. The lowest BCUT2D eigenvalue weighted by atomic mass is 10.1. The summed E-state index contributed by atoms with van der Waals surface area (Å²) in [4.78, 5) is 16.4. The number of benzene rings is 1. The first-order valence-corrected chi connectivity index (χ1v) is 6.70. The van der Waals surface area contributed by atoms with Crippen LogP contribution in [-0.4, -0.2) is 33.9 Å². The minimum Gasteiger partial charge on any atom is -0.507 e. The molecule has 4 N–H and O–H groups in total. The molecule has 0 aromatic heterocycles. The third-order valence-corrected chi connectivity index (χ3v) is 2.98. The van der Waals surface area contributed by atoms with Crippen molar-refractivity contribution in [2.24, 2.45) is 0 Å². The number of ketones is 1. The molecule has 0 saturated heterocycles. The summed E-state index contributed by atoms with van der Waals surface area (Å²) in [7, 11) is 1.20. The van der Waals surface area contributed by atoms with Crippen molar-refractivity contribution in [1.82, 2.24) is 0 Å². The van der Waals surface area contributed by atoms with Gasteiger partial charge in [-0.2, -0.15) is 0 Å². The van der Waals surface area contributed by atoms with Gasteiger partial charge in [-0.3, -0.25) is 24.0 Å². The van der Waals surface area contributed by atoms with Crippen LogP contribution in [0, 0.1) is 0 Å². The Morgan fingerprint density at radius 2 is 2.10 bits per heavy atom. The lowest BCUT2D eigenvalue weighted by molar-refractivity contribution is 0.101. The van der Waals surface area contributed by atoms with Crippen LogP contribution < -0.4 is 10.2 Å². The second-order valence-electron chi connectivity index (χ2n) is 3.64. The maximum Gasteiger partial charge on any atom is 0.261 e. The molecule has 9 heteroatoms. The summed E-state index contributed by atoms with van der Waals surface area (Å²) in [6.07, 6.45) is 0. The average molecular weight is 304 g/mol. The monoisotopic (exact) mass is 304 g/mol. The fourth-order valence-corrected chi connectivity index (χ4v) is 1.89. The van der Waals surface area contributed by atoms with Gasteiger partial charge in [0.15, 0.2) is 11.5 Å². The summed E-state index contributed by atoms with van der Waals surface area (Å²) in [5.41, 5.74) is 2.05. The van der Waals surface area contributed by atoms with E-state index in [0.717, 1.165) is 6.07 Å². The van der Waals surface area contributed by atoms with E-state index in [2.05, 4.69) is 14.4 Å². The Bertz CT molecular complexity index is 534. The molecule has 20 heavy (non-hydrogen) atoms.